The first-order chi connectivity index (χ1) is 14.7. The predicted molar refractivity (Wildman–Crippen MR) is 123 cm³/mol. The van der Waals surface area contributed by atoms with Gasteiger partial charge in [0, 0.05) is 37.2 Å². The summed E-state index contributed by atoms with van der Waals surface area (Å²) in [6.45, 7) is 4.70. The van der Waals surface area contributed by atoms with E-state index < -0.39 is 0 Å². The van der Waals surface area contributed by atoms with Crippen LogP contribution in [-0.4, -0.2) is 53.6 Å². The fourth-order valence-corrected chi connectivity index (χ4v) is 4.14. The molecule has 30 heavy (non-hydrogen) atoms. The molecular formula is C21H28BrN7O. The number of nitrogens with zero attached hydrogens (tertiary/aromatic N) is 3. The van der Waals surface area contributed by atoms with Crippen molar-refractivity contribution >= 4 is 45.1 Å². The van der Waals surface area contributed by atoms with Crippen molar-refractivity contribution in [3.05, 3.63) is 34.9 Å². The van der Waals surface area contributed by atoms with E-state index in [-0.39, 0.29) is 6.03 Å². The quantitative estimate of drug-likeness (QED) is 0.506. The molecule has 4 N–H and O–H groups in total. The van der Waals surface area contributed by atoms with Crippen molar-refractivity contribution in [2.45, 2.75) is 25.7 Å². The Balaban J connectivity index is 1.38. The molecule has 1 aromatic carbocycles. The van der Waals surface area contributed by atoms with Crippen molar-refractivity contribution in [3.8, 4) is 0 Å². The zero-order valence-electron chi connectivity index (χ0n) is 17.0. The van der Waals surface area contributed by atoms with Crippen LogP contribution in [0.4, 0.5) is 27.9 Å². The van der Waals surface area contributed by atoms with Gasteiger partial charge in [-0.1, -0.05) is 6.07 Å². The Labute approximate surface area is 185 Å². The predicted octanol–water partition coefficient (Wildman–Crippen LogP) is 4.02. The van der Waals surface area contributed by atoms with Crippen LogP contribution in [0.15, 0.2) is 34.9 Å². The molecule has 2 aromatic rings. The number of hydrogen-bond donors (Lipinski definition) is 4. The topological polar surface area (TPSA) is 94.2 Å². The monoisotopic (exact) mass is 473 g/mol. The number of piperidine rings is 1. The van der Waals surface area contributed by atoms with E-state index in [0.29, 0.717) is 11.9 Å². The van der Waals surface area contributed by atoms with Gasteiger partial charge in [0.1, 0.15) is 5.82 Å². The Morgan fingerprint density at radius 2 is 1.97 bits per heavy atom. The molecule has 0 unspecified atom stereocenters. The number of hydrogen-bond acceptors (Lipinski definition) is 6. The minimum absolute atomic E-state index is 0.0473. The number of rotatable bonds is 6. The second-order valence-corrected chi connectivity index (χ2v) is 8.65. The molecule has 2 aliphatic rings. The largest absolute Gasteiger partial charge is 0.369 e. The first-order valence-corrected chi connectivity index (χ1v) is 11.4. The third kappa shape index (κ3) is 5.60. The van der Waals surface area contributed by atoms with Crippen molar-refractivity contribution < 1.29 is 4.79 Å². The summed E-state index contributed by atoms with van der Waals surface area (Å²) >= 11 is 3.53. The summed E-state index contributed by atoms with van der Waals surface area (Å²) in [6.07, 6.45) is 6.25. The van der Waals surface area contributed by atoms with Crippen molar-refractivity contribution in [1.82, 2.24) is 20.2 Å². The maximum absolute atomic E-state index is 12.3. The molecule has 2 saturated heterocycles. The lowest BCUT2D eigenvalue weighted by molar-refractivity contribution is 0.222. The lowest BCUT2D eigenvalue weighted by atomic mass is 9.98. The lowest BCUT2D eigenvalue weighted by Gasteiger charge is -2.23. The highest BCUT2D eigenvalue weighted by molar-refractivity contribution is 9.10. The van der Waals surface area contributed by atoms with Gasteiger partial charge in [0.2, 0.25) is 5.95 Å². The molecule has 2 amide bonds. The number of halogens is 1. The van der Waals surface area contributed by atoms with E-state index in [0.717, 1.165) is 67.2 Å². The maximum atomic E-state index is 12.3. The van der Waals surface area contributed by atoms with Crippen molar-refractivity contribution in [2.24, 2.45) is 5.92 Å². The molecule has 0 bridgehead atoms. The maximum Gasteiger partial charge on any atom is 0.321 e. The third-order valence-corrected chi connectivity index (χ3v) is 6.10. The summed E-state index contributed by atoms with van der Waals surface area (Å²) in [5, 5.41) is 13.0. The minimum Gasteiger partial charge on any atom is -0.369 e. The summed E-state index contributed by atoms with van der Waals surface area (Å²) in [5.41, 5.74) is 1.57. The SMILES string of the molecule is O=C(Nc1cccc(Nc2ncc(Br)c(NCC3CCNCC3)n2)c1)N1CCCC1. The molecule has 4 rings (SSSR count). The second-order valence-electron chi connectivity index (χ2n) is 7.79. The number of amides is 2. The van der Waals surface area contributed by atoms with Crippen LogP contribution >= 0.6 is 15.9 Å². The summed E-state index contributed by atoms with van der Waals surface area (Å²) < 4.78 is 0.841. The van der Waals surface area contributed by atoms with E-state index in [1.54, 1.807) is 6.20 Å². The van der Waals surface area contributed by atoms with Crippen LogP contribution < -0.4 is 21.3 Å². The summed E-state index contributed by atoms with van der Waals surface area (Å²) in [6, 6.07) is 7.56. The van der Waals surface area contributed by atoms with Gasteiger partial charge in [-0.15, -0.1) is 0 Å². The number of carbonyl (C=O) groups is 1. The fourth-order valence-electron chi connectivity index (χ4n) is 3.80. The molecule has 2 aliphatic heterocycles. The van der Waals surface area contributed by atoms with E-state index in [9.17, 15) is 4.79 Å². The van der Waals surface area contributed by atoms with Gasteiger partial charge in [-0.05, 0) is 78.8 Å². The van der Waals surface area contributed by atoms with E-state index in [1.807, 2.05) is 29.2 Å². The molecule has 3 heterocycles. The van der Waals surface area contributed by atoms with Crippen LogP contribution in [0, 0.1) is 5.92 Å². The highest BCUT2D eigenvalue weighted by Crippen LogP contribution is 2.24. The zero-order chi connectivity index (χ0) is 20.8. The molecule has 9 heteroatoms. The highest BCUT2D eigenvalue weighted by Gasteiger charge is 2.18. The highest BCUT2D eigenvalue weighted by atomic mass is 79.9. The van der Waals surface area contributed by atoms with Gasteiger partial charge in [0.15, 0.2) is 0 Å². The molecule has 2 fully saturated rings. The van der Waals surface area contributed by atoms with Crippen LogP contribution in [0.5, 0.6) is 0 Å². The van der Waals surface area contributed by atoms with Crippen molar-refractivity contribution in [2.75, 3.05) is 48.7 Å². The summed E-state index contributed by atoms with van der Waals surface area (Å²) in [5.74, 6) is 1.94. The number of carbonyl (C=O) groups excluding carboxylic acids is 1. The molecule has 0 spiro atoms. The molecule has 8 nitrogen and oxygen atoms in total. The van der Waals surface area contributed by atoms with Gasteiger partial charge >= 0.3 is 6.03 Å². The first-order valence-electron chi connectivity index (χ1n) is 10.6. The Bertz CT molecular complexity index is 866. The number of likely N-dealkylation sites (tertiary alicyclic amines) is 1. The smallest absolute Gasteiger partial charge is 0.321 e. The van der Waals surface area contributed by atoms with E-state index in [1.165, 1.54) is 12.8 Å². The molecule has 0 saturated carbocycles. The van der Waals surface area contributed by atoms with Gasteiger partial charge < -0.3 is 26.2 Å². The molecule has 0 aliphatic carbocycles. The van der Waals surface area contributed by atoms with Gasteiger partial charge in [0.05, 0.1) is 4.47 Å². The van der Waals surface area contributed by atoms with Crippen LogP contribution in [-0.2, 0) is 0 Å². The summed E-state index contributed by atoms with van der Waals surface area (Å²) in [7, 11) is 0. The normalized spacial score (nSPS) is 17.0. The minimum atomic E-state index is -0.0473. The average Bonchev–Trinajstić information content (AvgIpc) is 3.30. The van der Waals surface area contributed by atoms with Crippen LogP contribution in [0.1, 0.15) is 25.7 Å². The van der Waals surface area contributed by atoms with Gasteiger partial charge in [-0.2, -0.15) is 4.98 Å². The van der Waals surface area contributed by atoms with Gasteiger partial charge in [-0.3, -0.25) is 0 Å². The standard InChI is InChI=1S/C21H28BrN7O/c22-18-14-25-20(28-19(18)24-13-15-6-8-23-9-7-15)26-16-4-3-5-17(12-16)27-21(30)29-10-1-2-11-29/h3-5,12,14-15,23H,1-2,6-11,13H2,(H,27,30)(H2,24,25,26,28). The Morgan fingerprint density at radius 1 is 1.20 bits per heavy atom. The van der Waals surface area contributed by atoms with Crippen molar-refractivity contribution in [1.29, 1.82) is 0 Å². The van der Waals surface area contributed by atoms with Crippen LogP contribution in [0.3, 0.4) is 0 Å². The zero-order valence-corrected chi connectivity index (χ0v) is 18.5. The second kappa shape index (κ2) is 10.1. The van der Waals surface area contributed by atoms with E-state index in [4.69, 9.17) is 0 Å². The van der Waals surface area contributed by atoms with E-state index >= 15 is 0 Å². The number of aromatic nitrogens is 2. The molecule has 1 aromatic heterocycles. The number of urea groups is 1. The number of benzene rings is 1. The third-order valence-electron chi connectivity index (χ3n) is 5.52. The summed E-state index contributed by atoms with van der Waals surface area (Å²) in [4.78, 5) is 23.1. The van der Waals surface area contributed by atoms with Crippen LogP contribution in [0.2, 0.25) is 0 Å². The molecular weight excluding hydrogens is 446 g/mol. The molecule has 0 atom stereocenters. The lowest BCUT2D eigenvalue weighted by Crippen LogP contribution is -2.32. The van der Waals surface area contributed by atoms with Gasteiger partial charge in [-0.25, -0.2) is 9.78 Å². The number of nitrogens with one attached hydrogen (secondary N) is 4. The fraction of sp³-hybridized carbons (Fsp3) is 0.476. The molecule has 160 valence electrons. The number of anilines is 4. The van der Waals surface area contributed by atoms with Crippen LogP contribution in [0.25, 0.3) is 0 Å². The Morgan fingerprint density at radius 3 is 2.77 bits per heavy atom. The van der Waals surface area contributed by atoms with E-state index in [2.05, 4.69) is 47.2 Å². The molecule has 0 radical (unpaired) electrons. The Hall–Kier alpha value is -2.39. The Kier molecular flexibility index (Phi) is 7.01. The van der Waals surface area contributed by atoms with Gasteiger partial charge in [0.25, 0.3) is 0 Å². The average molecular weight is 474 g/mol. The van der Waals surface area contributed by atoms with Crippen molar-refractivity contribution in [3.63, 3.8) is 0 Å². The first kappa shape index (κ1) is 20.9.